The number of carbonyl (C=O) groups is 1. The van der Waals surface area contributed by atoms with Crippen LogP contribution in [0, 0.1) is 0 Å². The number of hydrogen-bond acceptors (Lipinski definition) is 4. The fraction of sp³-hybridized carbons (Fsp3) is 0.471. The van der Waals surface area contributed by atoms with E-state index in [9.17, 15) is 4.79 Å². The smallest absolute Gasteiger partial charge is 0.307 e. The first-order valence-corrected chi connectivity index (χ1v) is 7.84. The molecule has 0 radical (unpaired) electrons. The Labute approximate surface area is 135 Å². The van der Waals surface area contributed by atoms with E-state index in [1.165, 1.54) is 0 Å². The summed E-state index contributed by atoms with van der Waals surface area (Å²) in [5.41, 5.74) is 1.62. The van der Waals surface area contributed by atoms with Crippen LogP contribution < -0.4 is 9.47 Å². The van der Waals surface area contributed by atoms with Crippen molar-refractivity contribution in [3.8, 4) is 11.5 Å². The fourth-order valence-corrected chi connectivity index (χ4v) is 2.64. The normalized spacial score (nSPS) is 10.9. The van der Waals surface area contributed by atoms with Gasteiger partial charge < -0.3 is 24.3 Å². The van der Waals surface area contributed by atoms with Gasteiger partial charge in [-0.15, -0.1) is 0 Å². The zero-order valence-corrected chi connectivity index (χ0v) is 13.5. The summed E-state index contributed by atoms with van der Waals surface area (Å²) in [5.74, 6) is 0.388. The lowest BCUT2D eigenvalue weighted by atomic mass is 10.1. The maximum absolute atomic E-state index is 11.1. The van der Waals surface area contributed by atoms with Crippen LogP contribution in [0.15, 0.2) is 18.3 Å². The second-order valence-electron chi connectivity index (χ2n) is 5.18. The van der Waals surface area contributed by atoms with Crippen molar-refractivity contribution in [3.05, 3.63) is 23.9 Å². The lowest BCUT2D eigenvalue weighted by molar-refractivity contribution is -0.136. The van der Waals surface area contributed by atoms with Crippen LogP contribution in [0.4, 0.5) is 0 Å². The van der Waals surface area contributed by atoms with Crippen LogP contribution >= 0.6 is 0 Å². The summed E-state index contributed by atoms with van der Waals surface area (Å²) in [6.45, 7) is 5.52. The Kier molecular flexibility index (Phi) is 5.87. The number of carboxylic acid groups (broad SMARTS) is 1. The number of rotatable bonds is 9. The van der Waals surface area contributed by atoms with E-state index >= 15 is 0 Å². The molecule has 6 nitrogen and oxygen atoms in total. The summed E-state index contributed by atoms with van der Waals surface area (Å²) < 4.78 is 13.2. The number of carboxylic acids is 1. The van der Waals surface area contributed by atoms with Crippen LogP contribution in [0.2, 0.25) is 0 Å². The molecule has 1 heterocycles. The number of benzene rings is 1. The molecule has 0 unspecified atom stereocenters. The molecule has 0 fully saturated rings. The number of aromatic nitrogens is 1. The zero-order valence-electron chi connectivity index (χ0n) is 13.5. The van der Waals surface area contributed by atoms with Crippen molar-refractivity contribution in [3.63, 3.8) is 0 Å². The van der Waals surface area contributed by atoms with E-state index in [2.05, 4.69) is 0 Å². The topological polar surface area (TPSA) is 80.9 Å². The van der Waals surface area contributed by atoms with Gasteiger partial charge in [0.2, 0.25) is 0 Å². The van der Waals surface area contributed by atoms with E-state index in [4.69, 9.17) is 19.7 Å². The second kappa shape index (κ2) is 7.87. The van der Waals surface area contributed by atoms with Gasteiger partial charge in [-0.2, -0.15) is 0 Å². The molecule has 6 heteroatoms. The predicted molar refractivity (Wildman–Crippen MR) is 87.3 cm³/mol. The van der Waals surface area contributed by atoms with Gasteiger partial charge >= 0.3 is 5.97 Å². The van der Waals surface area contributed by atoms with E-state index in [0.29, 0.717) is 37.7 Å². The zero-order chi connectivity index (χ0) is 16.8. The number of aliphatic hydroxyl groups is 1. The summed E-state index contributed by atoms with van der Waals surface area (Å²) >= 11 is 0. The molecule has 0 aliphatic carbocycles. The molecule has 0 saturated carbocycles. The van der Waals surface area contributed by atoms with Crippen LogP contribution in [-0.2, 0) is 17.8 Å². The average Bonchev–Trinajstić information content (AvgIpc) is 2.82. The number of hydrogen-bond donors (Lipinski definition) is 2. The highest BCUT2D eigenvalue weighted by atomic mass is 16.5. The Morgan fingerprint density at radius 3 is 2.39 bits per heavy atom. The van der Waals surface area contributed by atoms with Gasteiger partial charge in [-0.05, 0) is 31.9 Å². The van der Waals surface area contributed by atoms with Crippen molar-refractivity contribution in [2.45, 2.75) is 33.2 Å². The van der Waals surface area contributed by atoms with Crippen molar-refractivity contribution >= 4 is 16.9 Å². The standard InChI is InChI=1S/C17H23NO5/c1-3-22-15-9-13-12(8-17(20)21)11-18(6-5-7-19)14(13)10-16(15)23-4-2/h9-11,19H,3-8H2,1-2H3,(H,20,21). The molecule has 1 aromatic carbocycles. The molecular formula is C17H23NO5. The van der Waals surface area contributed by atoms with Gasteiger partial charge in [0.15, 0.2) is 11.5 Å². The van der Waals surface area contributed by atoms with Crippen molar-refractivity contribution in [2.24, 2.45) is 0 Å². The number of aliphatic hydroxyl groups excluding tert-OH is 1. The molecule has 0 spiro atoms. The highest BCUT2D eigenvalue weighted by molar-refractivity contribution is 5.90. The summed E-state index contributed by atoms with van der Waals surface area (Å²) in [5, 5.41) is 19.0. The molecule has 2 aromatic rings. The van der Waals surface area contributed by atoms with E-state index in [1.54, 1.807) is 0 Å². The monoisotopic (exact) mass is 321 g/mol. The third-order valence-corrected chi connectivity index (χ3v) is 3.53. The van der Waals surface area contributed by atoms with E-state index in [1.807, 2.05) is 36.7 Å². The lowest BCUT2D eigenvalue weighted by Crippen LogP contribution is -2.01. The summed E-state index contributed by atoms with van der Waals surface area (Å²) in [6, 6.07) is 3.73. The number of fused-ring (bicyclic) bond motifs is 1. The van der Waals surface area contributed by atoms with Crippen LogP contribution in [0.3, 0.4) is 0 Å². The third-order valence-electron chi connectivity index (χ3n) is 3.53. The van der Waals surface area contributed by atoms with Gasteiger partial charge in [-0.25, -0.2) is 0 Å². The van der Waals surface area contributed by atoms with Crippen LogP contribution in [-0.4, -0.2) is 40.6 Å². The van der Waals surface area contributed by atoms with Crippen LogP contribution in [0.5, 0.6) is 11.5 Å². The van der Waals surface area contributed by atoms with E-state index in [0.717, 1.165) is 16.5 Å². The average molecular weight is 321 g/mol. The van der Waals surface area contributed by atoms with Crippen molar-refractivity contribution in [2.75, 3.05) is 19.8 Å². The maximum Gasteiger partial charge on any atom is 0.307 e. The second-order valence-corrected chi connectivity index (χ2v) is 5.18. The molecule has 126 valence electrons. The van der Waals surface area contributed by atoms with Crippen molar-refractivity contribution < 1.29 is 24.5 Å². The van der Waals surface area contributed by atoms with Crippen molar-refractivity contribution in [1.29, 1.82) is 0 Å². The van der Waals surface area contributed by atoms with Crippen LogP contribution in [0.25, 0.3) is 10.9 Å². The highest BCUT2D eigenvalue weighted by Gasteiger charge is 2.16. The largest absolute Gasteiger partial charge is 0.490 e. The molecule has 0 atom stereocenters. The Morgan fingerprint density at radius 2 is 1.83 bits per heavy atom. The molecule has 0 bridgehead atoms. The molecular weight excluding hydrogens is 298 g/mol. The maximum atomic E-state index is 11.1. The lowest BCUT2D eigenvalue weighted by Gasteiger charge is -2.12. The molecule has 2 rings (SSSR count). The Hall–Kier alpha value is -2.21. The SMILES string of the molecule is CCOc1cc2c(CC(=O)O)cn(CCCO)c2cc1OCC. The Morgan fingerprint density at radius 1 is 1.17 bits per heavy atom. The van der Waals surface area contributed by atoms with Gasteiger partial charge in [-0.3, -0.25) is 4.79 Å². The van der Waals surface area contributed by atoms with Gasteiger partial charge in [0.05, 0.1) is 25.2 Å². The minimum atomic E-state index is -0.877. The molecule has 0 saturated heterocycles. The van der Waals surface area contributed by atoms with Gasteiger partial charge in [0.25, 0.3) is 0 Å². The molecule has 0 aliphatic heterocycles. The number of nitrogens with zero attached hydrogens (tertiary/aromatic N) is 1. The van der Waals surface area contributed by atoms with Crippen molar-refractivity contribution in [1.82, 2.24) is 4.57 Å². The first kappa shape index (κ1) is 17.1. The number of ether oxygens (including phenoxy) is 2. The summed E-state index contributed by atoms with van der Waals surface area (Å²) in [6.07, 6.45) is 2.38. The molecule has 0 aliphatic rings. The van der Waals surface area contributed by atoms with Gasteiger partial charge in [-0.1, -0.05) is 0 Å². The number of aliphatic carboxylic acids is 1. The minimum Gasteiger partial charge on any atom is -0.490 e. The Balaban J connectivity index is 2.57. The van der Waals surface area contributed by atoms with E-state index < -0.39 is 5.97 Å². The Bertz CT molecular complexity index is 677. The summed E-state index contributed by atoms with van der Waals surface area (Å²) in [4.78, 5) is 11.1. The quantitative estimate of drug-likeness (QED) is 0.741. The highest BCUT2D eigenvalue weighted by Crippen LogP contribution is 2.35. The number of aryl methyl sites for hydroxylation is 1. The molecule has 2 N–H and O–H groups in total. The first-order chi connectivity index (χ1) is 11.1. The van der Waals surface area contributed by atoms with Crippen LogP contribution in [0.1, 0.15) is 25.8 Å². The molecule has 0 amide bonds. The van der Waals surface area contributed by atoms with Gasteiger partial charge in [0.1, 0.15) is 0 Å². The van der Waals surface area contributed by atoms with E-state index in [-0.39, 0.29) is 13.0 Å². The fourth-order valence-electron chi connectivity index (χ4n) is 2.64. The first-order valence-electron chi connectivity index (χ1n) is 7.84. The molecule has 1 aromatic heterocycles. The summed E-state index contributed by atoms with van der Waals surface area (Å²) in [7, 11) is 0. The van der Waals surface area contributed by atoms with Gasteiger partial charge in [0, 0.05) is 30.8 Å². The minimum absolute atomic E-state index is 0.0534. The molecule has 23 heavy (non-hydrogen) atoms. The third kappa shape index (κ3) is 3.96. The predicted octanol–water partition coefficient (Wildman–Crippen LogP) is 2.45.